The first-order valence-corrected chi connectivity index (χ1v) is 4.94. The quantitative estimate of drug-likeness (QED) is 0.585. The lowest BCUT2D eigenvalue weighted by molar-refractivity contribution is -0.147. The largest absolute Gasteiger partial charge is 0.479 e. The average molecular weight is 268 g/mol. The summed E-state index contributed by atoms with van der Waals surface area (Å²) in [6, 6.07) is 8.26. The number of carbonyl (C=O) groups is 3. The SMILES string of the molecule is O=C(O)/C=C/C(=O)O.O=C(O)C(O)c1ccccc1. The second-order valence-electron chi connectivity index (χ2n) is 3.16. The van der Waals surface area contributed by atoms with Gasteiger partial charge in [-0.25, -0.2) is 14.4 Å². The number of aliphatic hydroxyl groups is 1. The van der Waals surface area contributed by atoms with Crippen LogP contribution in [0.3, 0.4) is 0 Å². The van der Waals surface area contributed by atoms with Crippen LogP contribution < -0.4 is 0 Å². The Morgan fingerprint density at radius 3 is 1.63 bits per heavy atom. The Kier molecular flexibility index (Phi) is 7.24. The van der Waals surface area contributed by atoms with Crippen molar-refractivity contribution in [3.8, 4) is 0 Å². The van der Waals surface area contributed by atoms with Crippen LogP contribution in [0.15, 0.2) is 42.5 Å². The van der Waals surface area contributed by atoms with Crippen molar-refractivity contribution in [2.75, 3.05) is 0 Å². The van der Waals surface area contributed by atoms with Gasteiger partial charge in [0.1, 0.15) is 0 Å². The summed E-state index contributed by atoms with van der Waals surface area (Å²) in [6.45, 7) is 0. The van der Waals surface area contributed by atoms with Gasteiger partial charge in [-0.1, -0.05) is 30.3 Å². The topological polar surface area (TPSA) is 132 Å². The van der Waals surface area contributed by atoms with E-state index in [2.05, 4.69) is 0 Å². The van der Waals surface area contributed by atoms with Gasteiger partial charge in [0, 0.05) is 12.2 Å². The zero-order valence-corrected chi connectivity index (χ0v) is 9.63. The van der Waals surface area contributed by atoms with Crippen molar-refractivity contribution in [3.63, 3.8) is 0 Å². The highest BCUT2D eigenvalue weighted by atomic mass is 16.4. The lowest BCUT2D eigenvalue weighted by Gasteiger charge is -2.03. The lowest BCUT2D eigenvalue weighted by Crippen LogP contribution is -2.09. The number of carboxylic acids is 3. The summed E-state index contributed by atoms with van der Waals surface area (Å²) < 4.78 is 0. The molecule has 0 amide bonds. The smallest absolute Gasteiger partial charge is 0.337 e. The fourth-order valence-electron chi connectivity index (χ4n) is 0.920. The molecule has 0 aliphatic carbocycles. The number of hydrogen-bond donors (Lipinski definition) is 4. The second-order valence-corrected chi connectivity index (χ2v) is 3.16. The van der Waals surface area contributed by atoms with Crippen molar-refractivity contribution in [1.29, 1.82) is 0 Å². The van der Waals surface area contributed by atoms with Crippen molar-refractivity contribution >= 4 is 17.9 Å². The predicted molar refractivity (Wildman–Crippen MR) is 63.4 cm³/mol. The minimum atomic E-state index is -1.41. The van der Waals surface area contributed by atoms with E-state index in [0.29, 0.717) is 17.7 Å². The van der Waals surface area contributed by atoms with Crippen LogP contribution in [0.4, 0.5) is 0 Å². The van der Waals surface area contributed by atoms with E-state index in [0.717, 1.165) is 0 Å². The zero-order chi connectivity index (χ0) is 14.8. The van der Waals surface area contributed by atoms with E-state index in [1.165, 1.54) is 0 Å². The molecule has 102 valence electrons. The van der Waals surface area contributed by atoms with Crippen LogP contribution in [0.1, 0.15) is 11.7 Å². The Balaban J connectivity index is 0.000000362. The molecule has 1 aromatic rings. The maximum atomic E-state index is 10.2. The highest BCUT2D eigenvalue weighted by Gasteiger charge is 2.14. The van der Waals surface area contributed by atoms with Gasteiger partial charge in [-0.15, -0.1) is 0 Å². The Bertz CT molecular complexity index is 448. The zero-order valence-electron chi connectivity index (χ0n) is 9.63. The minimum Gasteiger partial charge on any atom is -0.479 e. The monoisotopic (exact) mass is 268 g/mol. The van der Waals surface area contributed by atoms with E-state index in [1.54, 1.807) is 30.3 Å². The Hall–Kier alpha value is -2.67. The van der Waals surface area contributed by atoms with Crippen molar-refractivity contribution < 1.29 is 34.8 Å². The Labute approximate surface area is 108 Å². The third-order valence-corrected chi connectivity index (χ3v) is 1.72. The summed E-state index contributed by atoms with van der Waals surface area (Å²) in [4.78, 5) is 29.4. The molecular formula is C12H12O7. The molecule has 0 fully saturated rings. The van der Waals surface area contributed by atoms with Crippen LogP contribution >= 0.6 is 0 Å². The number of aliphatic carboxylic acids is 3. The molecular weight excluding hydrogens is 256 g/mol. The molecule has 0 aliphatic rings. The summed E-state index contributed by atoms with van der Waals surface area (Å²) in [5.41, 5.74) is 0.403. The molecule has 0 saturated carbocycles. The predicted octanol–water partition coefficient (Wildman–Crippen LogP) is 0.516. The molecule has 1 unspecified atom stereocenters. The van der Waals surface area contributed by atoms with E-state index in [4.69, 9.17) is 20.4 Å². The third-order valence-electron chi connectivity index (χ3n) is 1.72. The van der Waals surface area contributed by atoms with Crippen LogP contribution in [0.25, 0.3) is 0 Å². The van der Waals surface area contributed by atoms with Crippen molar-refractivity contribution in [2.45, 2.75) is 6.10 Å². The average Bonchev–Trinajstić information content (AvgIpc) is 2.37. The molecule has 1 rings (SSSR count). The fourth-order valence-corrected chi connectivity index (χ4v) is 0.920. The van der Waals surface area contributed by atoms with Gasteiger partial charge < -0.3 is 20.4 Å². The third kappa shape index (κ3) is 8.11. The fraction of sp³-hybridized carbons (Fsp3) is 0.0833. The summed E-state index contributed by atoms with van der Waals surface area (Å²) >= 11 is 0. The Morgan fingerprint density at radius 1 is 0.895 bits per heavy atom. The molecule has 4 N–H and O–H groups in total. The number of rotatable bonds is 4. The van der Waals surface area contributed by atoms with E-state index in [1.807, 2.05) is 0 Å². The van der Waals surface area contributed by atoms with Gasteiger partial charge in [0.05, 0.1) is 0 Å². The van der Waals surface area contributed by atoms with Gasteiger partial charge in [0.25, 0.3) is 0 Å². The molecule has 7 heteroatoms. The second kappa shape index (κ2) is 8.43. The number of benzene rings is 1. The molecule has 19 heavy (non-hydrogen) atoms. The number of aliphatic hydroxyl groups excluding tert-OH is 1. The molecule has 0 radical (unpaired) electrons. The first-order valence-electron chi connectivity index (χ1n) is 4.94. The van der Waals surface area contributed by atoms with Crippen LogP contribution in [0.5, 0.6) is 0 Å². The number of carboxylic acid groups (broad SMARTS) is 3. The first kappa shape index (κ1) is 16.3. The van der Waals surface area contributed by atoms with E-state index < -0.39 is 24.0 Å². The molecule has 0 aliphatic heterocycles. The van der Waals surface area contributed by atoms with E-state index in [-0.39, 0.29) is 0 Å². The first-order chi connectivity index (χ1) is 8.84. The van der Waals surface area contributed by atoms with Crippen LogP contribution in [0, 0.1) is 0 Å². The lowest BCUT2D eigenvalue weighted by atomic mass is 10.1. The summed E-state index contributed by atoms with van der Waals surface area (Å²) in [6.07, 6.45) is -0.291. The summed E-state index contributed by atoms with van der Waals surface area (Å²) in [5.74, 6) is -3.74. The van der Waals surface area contributed by atoms with Crippen LogP contribution in [-0.2, 0) is 14.4 Å². The molecule has 0 spiro atoms. The molecule has 0 aromatic heterocycles. The molecule has 7 nitrogen and oxygen atoms in total. The molecule has 1 aromatic carbocycles. The van der Waals surface area contributed by atoms with Crippen LogP contribution in [0.2, 0.25) is 0 Å². The van der Waals surface area contributed by atoms with Gasteiger partial charge >= 0.3 is 17.9 Å². The van der Waals surface area contributed by atoms with Gasteiger partial charge in [0.15, 0.2) is 6.10 Å². The van der Waals surface area contributed by atoms with Gasteiger partial charge in [-0.2, -0.15) is 0 Å². The van der Waals surface area contributed by atoms with Gasteiger partial charge in [0.2, 0.25) is 0 Å². The van der Waals surface area contributed by atoms with Gasteiger partial charge in [-0.05, 0) is 5.56 Å². The normalized spacial score (nSPS) is 11.2. The molecule has 0 heterocycles. The van der Waals surface area contributed by atoms with Crippen molar-refractivity contribution in [1.82, 2.24) is 0 Å². The van der Waals surface area contributed by atoms with E-state index in [9.17, 15) is 14.4 Å². The molecule has 1 atom stereocenters. The maximum absolute atomic E-state index is 10.2. The summed E-state index contributed by atoms with van der Waals surface area (Å²) in [7, 11) is 0. The van der Waals surface area contributed by atoms with Gasteiger partial charge in [-0.3, -0.25) is 0 Å². The standard InChI is InChI=1S/C8H8O3.C4H4O4/c9-7(8(10)11)6-4-2-1-3-5-6;5-3(6)1-2-4(7)8/h1-5,7,9H,(H,10,11);1-2H,(H,5,6)(H,7,8)/b;2-1+. The van der Waals surface area contributed by atoms with Crippen molar-refractivity contribution in [2.24, 2.45) is 0 Å². The minimum absolute atomic E-state index is 0.403. The van der Waals surface area contributed by atoms with Crippen LogP contribution in [-0.4, -0.2) is 38.3 Å². The van der Waals surface area contributed by atoms with E-state index >= 15 is 0 Å². The number of hydrogen-bond acceptors (Lipinski definition) is 4. The highest BCUT2D eigenvalue weighted by molar-refractivity contribution is 5.89. The molecule has 0 bridgehead atoms. The summed E-state index contributed by atoms with van der Waals surface area (Å²) in [5, 5.41) is 33.0. The highest BCUT2D eigenvalue weighted by Crippen LogP contribution is 2.10. The maximum Gasteiger partial charge on any atom is 0.337 e. The Morgan fingerprint density at radius 2 is 1.32 bits per heavy atom. The van der Waals surface area contributed by atoms with Crippen molar-refractivity contribution in [3.05, 3.63) is 48.0 Å². The molecule has 0 saturated heterocycles.